The van der Waals surface area contributed by atoms with E-state index in [0.717, 1.165) is 47.0 Å². The summed E-state index contributed by atoms with van der Waals surface area (Å²) < 4.78 is 0. The average Bonchev–Trinajstić information content (AvgIpc) is 3.39. The largest absolute Gasteiger partial charge is 0.396 e. The van der Waals surface area contributed by atoms with E-state index in [9.17, 15) is 10.2 Å². The van der Waals surface area contributed by atoms with Crippen LogP contribution in [-0.4, -0.2) is 23.4 Å². The molecule has 6 aromatic carbocycles. The SMILES string of the molecule is Cc1cccc(N(c2ccccc2)c2ccc3c(c2)C(CCCO)(CCCO)c2cc(N(c4ccccc4)c4cccc(C)c4)ccc2-3)c1. The lowest BCUT2D eigenvalue weighted by Gasteiger charge is -2.34. The maximum atomic E-state index is 10.2. The molecule has 0 aliphatic heterocycles. The molecule has 6 aromatic rings. The van der Waals surface area contributed by atoms with Crippen LogP contribution in [0, 0.1) is 13.8 Å². The fourth-order valence-electron chi connectivity index (χ4n) is 7.76. The second-order valence-corrected chi connectivity index (χ2v) is 13.2. The van der Waals surface area contributed by atoms with Crippen LogP contribution in [0.5, 0.6) is 0 Å². The molecule has 4 nitrogen and oxygen atoms in total. The van der Waals surface area contributed by atoms with Gasteiger partial charge in [-0.05, 0) is 146 Å². The predicted molar refractivity (Wildman–Crippen MR) is 204 cm³/mol. The molecule has 2 N–H and O–H groups in total. The van der Waals surface area contributed by atoms with E-state index in [1.165, 1.54) is 33.4 Å². The highest BCUT2D eigenvalue weighted by atomic mass is 16.3. The van der Waals surface area contributed by atoms with E-state index in [4.69, 9.17) is 0 Å². The second kappa shape index (κ2) is 14.1. The quantitative estimate of drug-likeness (QED) is 0.139. The van der Waals surface area contributed by atoms with Crippen LogP contribution in [0.2, 0.25) is 0 Å². The molecule has 0 bridgehead atoms. The Labute approximate surface area is 290 Å². The van der Waals surface area contributed by atoms with Crippen molar-refractivity contribution in [2.45, 2.75) is 44.9 Å². The van der Waals surface area contributed by atoms with E-state index in [2.05, 4.69) is 169 Å². The molecule has 4 heteroatoms. The standard InChI is InChI=1S/C45H44N2O2/c1-33-13-9-19-37(29-33)46(35-15-5-3-6-16-35)39-21-23-41-42-24-22-40(32-44(42)45(25-11-27-48,26-12-28-49)43(41)31-39)47(36-17-7-4-8-18-36)38-20-10-14-34(2)30-38/h3-10,13-24,29-32,48-49H,11-12,25-28H2,1-2H3. The van der Waals surface area contributed by atoms with Crippen molar-refractivity contribution < 1.29 is 10.2 Å². The minimum atomic E-state index is -0.383. The van der Waals surface area contributed by atoms with Crippen molar-refractivity contribution in [2.24, 2.45) is 0 Å². The van der Waals surface area contributed by atoms with Gasteiger partial charge in [0.15, 0.2) is 0 Å². The molecular weight excluding hydrogens is 601 g/mol. The zero-order valence-corrected chi connectivity index (χ0v) is 28.4. The van der Waals surface area contributed by atoms with Gasteiger partial charge >= 0.3 is 0 Å². The van der Waals surface area contributed by atoms with Crippen molar-refractivity contribution in [1.82, 2.24) is 0 Å². The fourth-order valence-corrected chi connectivity index (χ4v) is 7.76. The zero-order valence-electron chi connectivity index (χ0n) is 28.4. The maximum Gasteiger partial charge on any atom is 0.0465 e. The molecule has 1 aliphatic carbocycles. The number of fused-ring (bicyclic) bond motifs is 3. The van der Waals surface area contributed by atoms with Crippen molar-refractivity contribution in [2.75, 3.05) is 23.0 Å². The van der Waals surface area contributed by atoms with Crippen LogP contribution >= 0.6 is 0 Å². The molecule has 0 radical (unpaired) electrons. The van der Waals surface area contributed by atoms with Crippen molar-refractivity contribution in [3.8, 4) is 11.1 Å². The fraction of sp³-hybridized carbons (Fsp3) is 0.200. The van der Waals surface area contributed by atoms with Crippen LogP contribution < -0.4 is 9.80 Å². The number of anilines is 6. The highest BCUT2D eigenvalue weighted by Gasteiger charge is 2.43. The topological polar surface area (TPSA) is 46.9 Å². The Kier molecular flexibility index (Phi) is 9.34. The van der Waals surface area contributed by atoms with Gasteiger partial charge in [-0.15, -0.1) is 0 Å². The smallest absolute Gasteiger partial charge is 0.0465 e. The predicted octanol–water partition coefficient (Wildman–Crippen LogP) is 11.1. The third kappa shape index (κ3) is 6.26. The second-order valence-electron chi connectivity index (χ2n) is 13.2. The first kappa shape index (κ1) is 32.4. The third-order valence-electron chi connectivity index (χ3n) is 9.92. The van der Waals surface area contributed by atoms with Gasteiger partial charge in [0.25, 0.3) is 0 Å². The highest BCUT2D eigenvalue weighted by Crippen LogP contribution is 2.56. The number of rotatable bonds is 12. The average molecular weight is 645 g/mol. The lowest BCUT2D eigenvalue weighted by Crippen LogP contribution is -2.27. The summed E-state index contributed by atoms with van der Waals surface area (Å²) in [5.74, 6) is 0. The van der Waals surface area contributed by atoms with E-state index in [1.54, 1.807) is 0 Å². The summed E-state index contributed by atoms with van der Waals surface area (Å²) in [6, 6.07) is 52.2. The van der Waals surface area contributed by atoms with Gasteiger partial charge in [-0.25, -0.2) is 0 Å². The first-order valence-corrected chi connectivity index (χ1v) is 17.4. The Bertz CT molecular complexity index is 1890. The van der Waals surface area contributed by atoms with Gasteiger partial charge in [-0.3, -0.25) is 0 Å². The van der Waals surface area contributed by atoms with Gasteiger partial charge in [-0.1, -0.05) is 72.8 Å². The lowest BCUT2D eigenvalue weighted by atomic mass is 9.71. The molecule has 0 aromatic heterocycles. The van der Waals surface area contributed by atoms with E-state index in [1.807, 2.05) is 0 Å². The van der Waals surface area contributed by atoms with Crippen LogP contribution in [0.3, 0.4) is 0 Å². The number of para-hydroxylation sites is 2. The van der Waals surface area contributed by atoms with Crippen molar-refractivity contribution in [3.63, 3.8) is 0 Å². The first-order chi connectivity index (χ1) is 24.0. The summed E-state index contributed by atoms with van der Waals surface area (Å²) in [4.78, 5) is 4.67. The molecule has 0 saturated heterocycles. The minimum absolute atomic E-state index is 0.115. The van der Waals surface area contributed by atoms with E-state index in [0.29, 0.717) is 12.8 Å². The highest BCUT2D eigenvalue weighted by molar-refractivity contribution is 5.88. The van der Waals surface area contributed by atoms with Crippen molar-refractivity contribution in [1.29, 1.82) is 0 Å². The van der Waals surface area contributed by atoms with Gasteiger partial charge in [0.1, 0.15) is 0 Å². The van der Waals surface area contributed by atoms with Crippen LogP contribution in [0.15, 0.2) is 146 Å². The van der Waals surface area contributed by atoms with Crippen LogP contribution in [-0.2, 0) is 5.41 Å². The molecule has 0 fully saturated rings. The number of nitrogens with zero attached hydrogens (tertiary/aromatic N) is 2. The molecule has 0 unspecified atom stereocenters. The first-order valence-electron chi connectivity index (χ1n) is 17.4. The molecule has 0 atom stereocenters. The van der Waals surface area contributed by atoms with Gasteiger partial charge < -0.3 is 20.0 Å². The summed E-state index contributed by atoms with van der Waals surface area (Å²) in [6.45, 7) is 4.50. The molecule has 0 heterocycles. The Morgan fingerprint density at radius 3 is 1.20 bits per heavy atom. The van der Waals surface area contributed by atoms with Crippen molar-refractivity contribution in [3.05, 3.63) is 168 Å². The maximum absolute atomic E-state index is 10.2. The van der Waals surface area contributed by atoms with Gasteiger partial charge in [0.2, 0.25) is 0 Å². The van der Waals surface area contributed by atoms with Crippen LogP contribution in [0.1, 0.15) is 47.9 Å². The number of aryl methyl sites for hydroxylation is 2. The Hall–Kier alpha value is -5.16. The molecule has 0 spiro atoms. The number of hydrogen-bond acceptors (Lipinski definition) is 4. The number of aliphatic hydroxyl groups excluding tert-OH is 2. The molecule has 0 saturated carbocycles. The molecule has 7 rings (SSSR count). The zero-order chi connectivity index (χ0) is 33.8. The van der Waals surface area contributed by atoms with Crippen LogP contribution in [0.4, 0.5) is 34.1 Å². The summed E-state index contributed by atoms with van der Waals surface area (Å²) in [6.07, 6.45) is 2.89. The van der Waals surface area contributed by atoms with Crippen LogP contribution in [0.25, 0.3) is 11.1 Å². The minimum Gasteiger partial charge on any atom is -0.396 e. The summed E-state index contributed by atoms with van der Waals surface area (Å²) in [7, 11) is 0. The summed E-state index contributed by atoms with van der Waals surface area (Å²) in [5, 5.41) is 20.5. The number of aliphatic hydroxyl groups is 2. The molecule has 49 heavy (non-hydrogen) atoms. The van der Waals surface area contributed by atoms with Gasteiger partial charge in [0, 0.05) is 52.8 Å². The molecular formula is C45H44N2O2. The normalized spacial score (nSPS) is 12.7. The Morgan fingerprint density at radius 1 is 0.429 bits per heavy atom. The summed E-state index contributed by atoms with van der Waals surface area (Å²) in [5.41, 5.74) is 13.6. The van der Waals surface area contributed by atoms with Gasteiger partial charge in [-0.2, -0.15) is 0 Å². The summed E-state index contributed by atoms with van der Waals surface area (Å²) >= 11 is 0. The lowest BCUT2D eigenvalue weighted by molar-refractivity contribution is 0.247. The molecule has 246 valence electrons. The Morgan fingerprint density at radius 2 is 0.816 bits per heavy atom. The van der Waals surface area contributed by atoms with E-state index in [-0.39, 0.29) is 18.6 Å². The number of benzene rings is 6. The molecule has 0 amide bonds. The van der Waals surface area contributed by atoms with E-state index < -0.39 is 0 Å². The third-order valence-corrected chi connectivity index (χ3v) is 9.92. The number of hydrogen-bond donors (Lipinski definition) is 2. The van der Waals surface area contributed by atoms with Gasteiger partial charge in [0.05, 0.1) is 0 Å². The molecule has 1 aliphatic rings. The van der Waals surface area contributed by atoms with Crippen molar-refractivity contribution >= 4 is 34.1 Å². The Balaban J connectivity index is 1.43. The monoisotopic (exact) mass is 644 g/mol. The van der Waals surface area contributed by atoms with E-state index >= 15 is 0 Å².